The molecule has 1 aliphatic carbocycles. The Bertz CT molecular complexity index is 775. The zero-order valence-electron chi connectivity index (χ0n) is 11.0. The Labute approximate surface area is 114 Å². The monoisotopic (exact) mass is 275 g/mol. The molecule has 20 heavy (non-hydrogen) atoms. The number of hydrogen-bond acceptors (Lipinski definition) is 2. The maximum Gasteiger partial charge on any atom is 0.341 e. The molecule has 1 fully saturated rings. The van der Waals surface area contributed by atoms with Gasteiger partial charge in [-0.15, -0.1) is 0 Å². The fraction of sp³-hybridized carbons (Fsp3) is 0.333. The van der Waals surface area contributed by atoms with Crippen LogP contribution in [0.2, 0.25) is 0 Å². The molecule has 0 saturated heterocycles. The van der Waals surface area contributed by atoms with E-state index < -0.39 is 17.2 Å². The molecule has 0 bridgehead atoms. The molecule has 0 atom stereocenters. The summed E-state index contributed by atoms with van der Waals surface area (Å²) in [5, 5.41) is 9.26. The molecule has 1 aromatic carbocycles. The summed E-state index contributed by atoms with van der Waals surface area (Å²) in [4.78, 5) is 23.3. The van der Waals surface area contributed by atoms with Gasteiger partial charge in [0.25, 0.3) is 0 Å². The molecule has 4 nitrogen and oxygen atoms in total. The van der Waals surface area contributed by atoms with Crippen LogP contribution in [-0.4, -0.2) is 15.6 Å². The van der Waals surface area contributed by atoms with Gasteiger partial charge < -0.3 is 9.67 Å². The zero-order chi connectivity index (χ0) is 14.4. The lowest BCUT2D eigenvalue weighted by atomic mass is 10.1. The van der Waals surface area contributed by atoms with E-state index in [1.165, 1.54) is 12.3 Å². The van der Waals surface area contributed by atoms with Crippen molar-refractivity contribution in [1.82, 2.24) is 4.57 Å². The number of hydrogen-bond donors (Lipinski definition) is 1. The van der Waals surface area contributed by atoms with Gasteiger partial charge in [0.05, 0.1) is 5.52 Å². The lowest BCUT2D eigenvalue weighted by molar-refractivity contribution is 0.0695. The number of carboxylic acids is 1. The molecule has 104 valence electrons. The summed E-state index contributed by atoms with van der Waals surface area (Å²) >= 11 is 0. The molecule has 5 heteroatoms. The zero-order valence-corrected chi connectivity index (χ0v) is 11.0. The van der Waals surface area contributed by atoms with Crippen LogP contribution in [0.15, 0.2) is 23.1 Å². The second-order valence-corrected chi connectivity index (χ2v) is 5.13. The Kier molecular flexibility index (Phi) is 2.85. The Morgan fingerprint density at radius 2 is 2.15 bits per heavy atom. The van der Waals surface area contributed by atoms with Crippen molar-refractivity contribution in [3.05, 3.63) is 45.5 Å². The molecule has 0 spiro atoms. The van der Waals surface area contributed by atoms with Gasteiger partial charge in [0.2, 0.25) is 5.43 Å². The van der Waals surface area contributed by atoms with Crippen molar-refractivity contribution in [3.63, 3.8) is 0 Å². The van der Waals surface area contributed by atoms with Gasteiger partial charge in [0.15, 0.2) is 0 Å². The number of rotatable bonds is 3. The first-order valence-corrected chi connectivity index (χ1v) is 6.63. The number of aromatic carboxylic acids is 1. The molecular weight excluding hydrogens is 261 g/mol. The molecule has 1 aromatic heterocycles. The van der Waals surface area contributed by atoms with Crippen LogP contribution < -0.4 is 5.43 Å². The van der Waals surface area contributed by atoms with Crippen LogP contribution in [0.1, 0.15) is 41.7 Å². The first-order valence-electron chi connectivity index (χ1n) is 6.63. The van der Waals surface area contributed by atoms with Crippen LogP contribution in [0, 0.1) is 5.82 Å². The fourth-order valence-corrected chi connectivity index (χ4v) is 2.49. The largest absolute Gasteiger partial charge is 0.477 e. The van der Waals surface area contributed by atoms with Crippen molar-refractivity contribution in [3.8, 4) is 0 Å². The number of halogens is 1. The van der Waals surface area contributed by atoms with Gasteiger partial charge in [-0.25, -0.2) is 9.18 Å². The third-order valence-electron chi connectivity index (χ3n) is 3.75. The van der Waals surface area contributed by atoms with Crippen LogP contribution in [0.25, 0.3) is 10.9 Å². The predicted molar refractivity (Wildman–Crippen MR) is 72.8 cm³/mol. The molecule has 1 saturated carbocycles. The average Bonchev–Trinajstić information content (AvgIpc) is 3.23. The van der Waals surface area contributed by atoms with E-state index in [1.54, 1.807) is 10.6 Å². The van der Waals surface area contributed by atoms with Crippen molar-refractivity contribution >= 4 is 16.9 Å². The Hall–Kier alpha value is -2.17. The second-order valence-electron chi connectivity index (χ2n) is 5.13. The number of carboxylic acid groups (broad SMARTS) is 1. The highest BCUT2D eigenvalue weighted by atomic mass is 19.1. The minimum Gasteiger partial charge on any atom is -0.477 e. The molecular formula is C15H14FNO3. The number of aryl methyl sites for hydroxylation is 1. The third-order valence-corrected chi connectivity index (χ3v) is 3.75. The normalized spacial score (nSPS) is 14.7. The molecule has 3 rings (SSSR count). The minimum absolute atomic E-state index is 0.145. The topological polar surface area (TPSA) is 59.3 Å². The fourth-order valence-electron chi connectivity index (χ4n) is 2.49. The minimum atomic E-state index is -1.27. The van der Waals surface area contributed by atoms with Gasteiger partial charge in [0.1, 0.15) is 11.4 Å². The van der Waals surface area contributed by atoms with E-state index in [0.29, 0.717) is 17.5 Å². The average molecular weight is 275 g/mol. The Morgan fingerprint density at radius 1 is 1.45 bits per heavy atom. The van der Waals surface area contributed by atoms with Gasteiger partial charge in [-0.1, -0.05) is 6.92 Å². The Morgan fingerprint density at radius 3 is 2.70 bits per heavy atom. The van der Waals surface area contributed by atoms with Crippen molar-refractivity contribution in [1.29, 1.82) is 0 Å². The molecule has 1 heterocycles. The summed E-state index contributed by atoms with van der Waals surface area (Å²) in [6.45, 7) is 1.84. The SMILES string of the molecule is CCc1cc2c(cc1F)c(=O)c(C(=O)O)cn2C1CC1. The van der Waals surface area contributed by atoms with E-state index in [0.717, 1.165) is 12.8 Å². The van der Waals surface area contributed by atoms with Crippen LogP contribution >= 0.6 is 0 Å². The van der Waals surface area contributed by atoms with E-state index in [-0.39, 0.29) is 17.0 Å². The van der Waals surface area contributed by atoms with E-state index in [9.17, 15) is 14.0 Å². The maximum absolute atomic E-state index is 13.9. The number of carbonyl (C=O) groups is 1. The number of fused-ring (bicyclic) bond motifs is 1. The van der Waals surface area contributed by atoms with E-state index >= 15 is 0 Å². The van der Waals surface area contributed by atoms with Gasteiger partial charge >= 0.3 is 5.97 Å². The highest BCUT2D eigenvalue weighted by molar-refractivity contribution is 5.92. The molecule has 0 amide bonds. The van der Waals surface area contributed by atoms with E-state index in [4.69, 9.17) is 5.11 Å². The number of aromatic nitrogens is 1. The number of pyridine rings is 1. The quantitative estimate of drug-likeness (QED) is 0.937. The molecule has 1 aliphatic rings. The number of nitrogens with zero attached hydrogens (tertiary/aromatic N) is 1. The first-order chi connectivity index (χ1) is 9.52. The van der Waals surface area contributed by atoms with Crippen molar-refractivity contribution in [2.45, 2.75) is 32.2 Å². The van der Waals surface area contributed by atoms with Crippen molar-refractivity contribution in [2.24, 2.45) is 0 Å². The smallest absolute Gasteiger partial charge is 0.341 e. The predicted octanol–water partition coefficient (Wildman–Crippen LogP) is 2.74. The lowest BCUT2D eigenvalue weighted by Crippen LogP contribution is -2.19. The second kappa shape index (κ2) is 4.44. The molecule has 2 aromatic rings. The Balaban J connectivity index is 2.42. The van der Waals surface area contributed by atoms with Gasteiger partial charge in [-0.05, 0) is 37.0 Å². The highest BCUT2D eigenvalue weighted by Crippen LogP contribution is 2.37. The van der Waals surface area contributed by atoms with Crippen LogP contribution in [-0.2, 0) is 6.42 Å². The van der Waals surface area contributed by atoms with Gasteiger partial charge in [-0.3, -0.25) is 4.79 Å². The van der Waals surface area contributed by atoms with E-state index in [2.05, 4.69) is 0 Å². The summed E-state index contributed by atoms with van der Waals surface area (Å²) < 4.78 is 15.7. The molecule has 0 unspecified atom stereocenters. The van der Waals surface area contributed by atoms with E-state index in [1.807, 2.05) is 6.92 Å². The van der Waals surface area contributed by atoms with Crippen LogP contribution in [0.4, 0.5) is 4.39 Å². The summed E-state index contributed by atoms with van der Waals surface area (Å²) in [5.74, 6) is -1.73. The highest BCUT2D eigenvalue weighted by Gasteiger charge is 2.27. The van der Waals surface area contributed by atoms with Crippen LogP contribution in [0.5, 0.6) is 0 Å². The van der Waals surface area contributed by atoms with Crippen molar-refractivity contribution < 1.29 is 14.3 Å². The first kappa shape index (κ1) is 12.8. The summed E-state index contributed by atoms with van der Waals surface area (Å²) in [7, 11) is 0. The summed E-state index contributed by atoms with van der Waals surface area (Å²) in [6.07, 6.45) is 3.83. The summed E-state index contributed by atoms with van der Waals surface area (Å²) in [5.41, 5.74) is 0.245. The third kappa shape index (κ3) is 1.90. The molecule has 0 radical (unpaired) electrons. The maximum atomic E-state index is 13.9. The summed E-state index contributed by atoms with van der Waals surface area (Å²) in [6, 6.07) is 3.05. The molecule has 0 aliphatic heterocycles. The van der Waals surface area contributed by atoms with Gasteiger partial charge in [0, 0.05) is 17.6 Å². The molecule has 1 N–H and O–H groups in total. The van der Waals surface area contributed by atoms with Gasteiger partial charge in [-0.2, -0.15) is 0 Å². The van der Waals surface area contributed by atoms with Crippen LogP contribution in [0.3, 0.4) is 0 Å². The van der Waals surface area contributed by atoms with Crippen molar-refractivity contribution in [2.75, 3.05) is 0 Å². The standard InChI is InChI=1S/C15H14FNO3/c1-2-8-5-13-10(6-12(8)16)14(18)11(15(19)20)7-17(13)9-3-4-9/h5-7,9H,2-4H2,1H3,(H,19,20). The lowest BCUT2D eigenvalue weighted by Gasteiger charge is -2.13. The number of benzene rings is 1.